The van der Waals surface area contributed by atoms with Gasteiger partial charge in [0, 0.05) is 29.2 Å². The quantitative estimate of drug-likeness (QED) is 0.642. The highest BCUT2D eigenvalue weighted by Gasteiger charge is 2.53. The molecule has 5 heteroatoms. The van der Waals surface area contributed by atoms with Crippen LogP contribution >= 0.6 is 15.9 Å². The van der Waals surface area contributed by atoms with Crippen LogP contribution < -0.4 is 5.32 Å². The van der Waals surface area contributed by atoms with E-state index in [1.165, 1.54) is 25.7 Å². The number of nitrogens with one attached hydrogen (secondary N) is 1. The Morgan fingerprint density at radius 2 is 2.16 bits per heavy atom. The van der Waals surface area contributed by atoms with Crippen molar-refractivity contribution < 1.29 is 4.92 Å². The molecule has 0 aromatic heterocycles. The predicted molar refractivity (Wildman–Crippen MR) is 76.9 cm³/mol. The summed E-state index contributed by atoms with van der Waals surface area (Å²) in [6.45, 7) is 1.57. The molecule has 0 spiro atoms. The lowest BCUT2D eigenvalue weighted by Crippen LogP contribution is -2.25. The van der Waals surface area contributed by atoms with E-state index in [0.29, 0.717) is 12.0 Å². The van der Waals surface area contributed by atoms with Gasteiger partial charge in [0.05, 0.1) is 4.92 Å². The SMILES string of the molecule is O=[N+]([O-])c1ccc(Br)cc1CNCC1(C2CC2)CC1. The highest BCUT2D eigenvalue weighted by atomic mass is 79.9. The Balaban J connectivity index is 1.62. The zero-order valence-electron chi connectivity index (χ0n) is 10.7. The van der Waals surface area contributed by atoms with Gasteiger partial charge in [0.1, 0.15) is 0 Å². The Morgan fingerprint density at radius 1 is 1.42 bits per heavy atom. The maximum atomic E-state index is 11.0. The molecule has 0 unspecified atom stereocenters. The van der Waals surface area contributed by atoms with Crippen molar-refractivity contribution in [3.8, 4) is 0 Å². The van der Waals surface area contributed by atoms with Gasteiger partial charge in [-0.05, 0) is 49.1 Å². The van der Waals surface area contributed by atoms with E-state index in [-0.39, 0.29) is 10.6 Å². The summed E-state index contributed by atoms with van der Waals surface area (Å²) in [5.74, 6) is 0.914. The van der Waals surface area contributed by atoms with Gasteiger partial charge in [-0.3, -0.25) is 10.1 Å². The summed E-state index contributed by atoms with van der Waals surface area (Å²) >= 11 is 3.37. The minimum atomic E-state index is -0.308. The zero-order chi connectivity index (χ0) is 13.5. The number of halogens is 1. The van der Waals surface area contributed by atoms with Gasteiger partial charge in [0.15, 0.2) is 0 Å². The van der Waals surface area contributed by atoms with Crippen molar-refractivity contribution in [1.82, 2.24) is 5.32 Å². The molecule has 0 atom stereocenters. The molecule has 0 bridgehead atoms. The molecule has 0 aliphatic heterocycles. The van der Waals surface area contributed by atoms with Crippen LogP contribution in [0.5, 0.6) is 0 Å². The molecular formula is C14H17BrN2O2. The van der Waals surface area contributed by atoms with Crippen LogP contribution in [-0.2, 0) is 6.54 Å². The first-order valence-electron chi connectivity index (χ1n) is 6.74. The molecule has 0 amide bonds. The first kappa shape index (κ1) is 13.1. The van der Waals surface area contributed by atoms with Gasteiger partial charge >= 0.3 is 0 Å². The van der Waals surface area contributed by atoms with E-state index in [1.807, 2.05) is 6.07 Å². The minimum absolute atomic E-state index is 0.201. The molecule has 1 aromatic carbocycles. The lowest BCUT2D eigenvalue weighted by molar-refractivity contribution is -0.385. The van der Waals surface area contributed by atoms with Crippen molar-refractivity contribution in [2.75, 3.05) is 6.54 Å². The maximum absolute atomic E-state index is 11.0. The number of nitro benzene ring substituents is 1. The van der Waals surface area contributed by atoms with Crippen LogP contribution in [0.15, 0.2) is 22.7 Å². The standard InChI is InChI=1S/C14H17BrN2O2/c15-12-3-4-13(17(18)19)10(7-12)8-16-9-14(5-6-14)11-1-2-11/h3-4,7,11,16H,1-2,5-6,8-9H2. The third kappa shape index (κ3) is 2.82. The van der Waals surface area contributed by atoms with Crippen LogP contribution in [0.25, 0.3) is 0 Å². The van der Waals surface area contributed by atoms with Crippen molar-refractivity contribution in [1.29, 1.82) is 0 Å². The van der Waals surface area contributed by atoms with Crippen LogP contribution in [0, 0.1) is 21.4 Å². The number of hydrogen-bond acceptors (Lipinski definition) is 3. The Bertz CT molecular complexity index is 510. The molecule has 1 N–H and O–H groups in total. The van der Waals surface area contributed by atoms with Crippen LogP contribution in [-0.4, -0.2) is 11.5 Å². The molecule has 2 aliphatic rings. The van der Waals surface area contributed by atoms with Crippen molar-refractivity contribution in [2.45, 2.75) is 32.2 Å². The predicted octanol–water partition coefficient (Wildman–Crippen LogP) is 3.64. The van der Waals surface area contributed by atoms with E-state index in [2.05, 4.69) is 21.2 Å². The summed E-state index contributed by atoms with van der Waals surface area (Å²) < 4.78 is 0.887. The number of rotatable bonds is 6. The molecule has 2 saturated carbocycles. The van der Waals surface area contributed by atoms with Crippen LogP contribution in [0.4, 0.5) is 5.69 Å². The second-order valence-electron chi connectivity index (χ2n) is 5.77. The fourth-order valence-electron chi connectivity index (χ4n) is 2.91. The molecular weight excluding hydrogens is 308 g/mol. The average Bonchev–Trinajstić information content (AvgIpc) is 3.23. The number of hydrogen-bond donors (Lipinski definition) is 1. The van der Waals surface area contributed by atoms with Gasteiger partial charge in [-0.15, -0.1) is 0 Å². The smallest absolute Gasteiger partial charge is 0.273 e. The monoisotopic (exact) mass is 324 g/mol. The molecule has 0 heterocycles. The highest BCUT2D eigenvalue weighted by molar-refractivity contribution is 9.10. The topological polar surface area (TPSA) is 55.2 Å². The molecule has 4 nitrogen and oxygen atoms in total. The van der Waals surface area contributed by atoms with Crippen molar-refractivity contribution >= 4 is 21.6 Å². The third-order valence-corrected chi connectivity index (χ3v) is 4.86. The molecule has 1 aromatic rings. The molecule has 0 saturated heterocycles. The van der Waals surface area contributed by atoms with Crippen LogP contribution in [0.3, 0.4) is 0 Å². The van der Waals surface area contributed by atoms with Gasteiger partial charge in [0.25, 0.3) is 5.69 Å². The third-order valence-electron chi connectivity index (χ3n) is 4.37. The zero-order valence-corrected chi connectivity index (χ0v) is 12.3. The molecule has 3 rings (SSSR count). The summed E-state index contributed by atoms with van der Waals surface area (Å²) in [6.07, 6.45) is 5.40. The summed E-state index contributed by atoms with van der Waals surface area (Å²) in [5, 5.41) is 14.4. The number of nitrogens with zero attached hydrogens (tertiary/aromatic N) is 1. The minimum Gasteiger partial charge on any atom is -0.312 e. The average molecular weight is 325 g/mol. The second-order valence-corrected chi connectivity index (χ2v) is 6.69. The Morgan fingerprint density at radius 3 is 2.74 bits per heavy atom. The van der Waals surface area contributed by atoms with Gasteiger partial charge in [0.2, 0.25) is 0 Å². The second kappa shape index (κ2) is 4.87. The summed E-state index contributed by atoms with van der Waals surface area (Å²) in [5.41, 5.74) is 1.48. The van der Waals surface area contributed by atoms with E-state index in [4.69, 9.17) is 0 Å². The molecule has 2 aliphatic carbocycles. The Kier molecular flexibility index (Phi) is 3.35. The van der Waals surface area contributed by atoms with E-state index < -0.39 is 0 Å². The molecule has 2 fully saturated rings. The Hall–Kier alpha value is -0.940. The van der Waals surface area contributed by atoms with Gasteiger partial charge in [-0.25, -0.2) is 0 Å². The first-order valence-corrected chi connectivity index (χ1v) is 7.54. The number of benzene rings is 1. The van der Waals surface area contributed by atoms with Gasteiger partial charge in [-0.1, -0.05) is 15.9 Å². The fourth-order valence-corrected chi connectivity index (χ4v) is 3.31. The maximum Gasteiger partial charge on any atom is 0.273 e. The lowest BCUT2D eigenvalue weighted by Gasteiger charge is -2.15. The van der Waals surface area contributed by atoms with E-state index in [9.17, 15) is 10.1 Å². The lowest BCUT2D eigenvalue weighted by atomic mass is 10.0. The summed E-state index contributed by atoms with van der Waals surface area (Å²) in [6, 6.07) is 5.12. The molecule has 0 radical (unpaired) electrons. The van der Waals surface area contributed by atoms with E-state index in [0.717, 1.165) is 22.5 Å². The van der Waals surface area contributed by atoms with Crippen molar-refractivity contribution in [3.05, 3.63) is 38.3 Å². The van der Waals surface area contributed by atoms with Gasteiger partial charge in [-0.2, -0.15) is 0 Å². The fraction of sp³-hybridized carbons (Fsp3) is 0.571. The normalized spacial score (nSPS) is 20.3. The first-order chi connectivity index (χ1) is 9.11. The van der Waals surface area contributed by atoms with Crippen LogP contribution in [0.2, 0.25) is 0 Å². The Labute approximate surface area is 120 Å². The van der Waals surface area contributed by atoms with E-state index >= 15 is 0 Å². The highest BCUT2D eigenvalue weighted by Crippen LogP contribution is 2.60. The van der Waals surface area contributed by atoms with Gasteiger partial charge < -0.3 is 5.32 Å². The van der Waals surface area contributed by atoms with E-state index in [1.54, 1.807) is 12.1 Å². The molecule has 19 heavy (non-hydrogen) atoms. The van der Waals surface area contributed by atoms with Crippen molar-refractivity contribution in [2.24, 2.45) is 11.3 Å². The summed E-state index contributed by atoms with van der Waals surface area (Å²) in [7, 11) is 0. The summed E-state index contributed by atoms with van der Waals surface area (Å²) in [4.78, 5) is 10.7. The van der Waals surface area contributed by atoms with Crippen molar-refractivity contribution in [3.63, 3.8) is 0 Å². The number of nitro groups is 1. The largest absolute Gasteiger partial charge is 0.312 e. The molecule has 102 valence electrons. The van der Waals surface area contributed by atoms with Crippen LogP contribution in [0.1, 0.15) is 31.2 Å².